The van der Waals surface area contributed by atoms with Gasteiger partial charge in [0.05, 0.1) is 11.5 Å². The van der Waals surface area contributed by atoms with Gasteiger partial charge in [-0.1, -0.05) is 67.4 Å². The molecule has 0 aliphatic rings. The van der Waals surface area contributed by atoms with Crippen LogP contribution in [0.15, 0.2) is 65.1 Å². The van der Waals surface area contributed by atoms with E-state index in [1.54, 1.807) is 12.1 Å². The second-order valence-corrected chi connectivity index (χ2v) is 9.70. The molecule has 0 saturated carbocycles. The zero-order valence-corrected chi connectivity index (χ0v) is 18.1. The van der Waals surface area contributed by atoms with Gasteiger partial charge in [-0.15, -0.1) is 0 Å². The smallest absolute Gasteiger partial charge is 0.243 e. The Balaban J connectivity index is 2.41. The van der Waals surface area contributed by atoms with Crippen LogP contribution >= 0.6 is 11.6 Å². The molecule has 4 nitrogen and oxygen atoms in total. The van der Waals surface area contributed by atoms with Gasteiger partial charge < -0.3 is 5.11 Å². The van der Waals surface area contributed by atoms with Crippen LogP contribution in [-0.2, 0) is 10.0 Å². The summed E-state index contributed by atoms with van der Waals surface area (Å²) in [5.74, 6) is 0.249. The molecule has 0 unspecified atom stereocenters. The van der Waals surface area contributed by atoms with Gasteiger partial charge in [0.1, 0.15) is 0 Å². The first-order chi connectivity index (χ1) is 13.2. The van der Waals surface area contributed by atoms with Crippen LogP contribution in [0.2, 0.25) is 5.02 Å². The fraction of sp³-hybridized carbons (Fsp3) is 0.364. The summed E-state index contributed by atoms with van der Waals surface area (Å²) in [4.78, 5) is 0.173. The molecule has 0 heterocycles. The molecule has 2 rings (SSSR count). The fourth-order valence-corrected chi connectivity index (χ4v) is 4.90. The maximum atomic E-state index is 13.4. The van der Waals surface area contributed by atoms with Crippen molar-refractivity contribution >= 4 is 27.7 Å². The molecular weight excluding hydrogens is 394 g/mol. The molecule has 6 heteroatoms. The maximum Gasteiger partial charge on any atom is 0.243 e. The van der Waals surface area contributed by atoms with Crippen molar-refractivity contribution in [1.29, 1.82) is 0 Å². The quantitative estimate of drug-likeness (QED) is 0.630. The van der Waals surface area contributed by atoms with Gasteiger partial charge in [0.25, 0.3) is 0 Å². The second kappa shape index (κ2) is 10.2. The van der Waals surface area contributed by atoms with E-state index in [-0.39, 0.29) is 24.0 Å². The molecule has 2 aromatic carbocycles. The Kier molecular flexibility index (Phi) is 8.25. The van der Waals surface area contributed by atoms with Gasteiger partial charge in [-0.3, -0.25) is 0 Å². The summed E-state index contributed by atoms with van der Waals surface area (Å²) in [6, 6.07) is 15.4. The minimum absolute atomic E-state index is 0.173. The van der Waals surface area contributed by atoms with E-state index in [0.29, 0.717) is 11.4 Å². The third kappa shape index (κ3) is 6.17. The summed E-state index contributed by atoms with van der Waals surface area (Å²) in [6.07, 6.45) is 2.54. The molecule has 0 aliphatic heterocycles. The van der Waals surface area contributed by atoms with Crippen molar-refractivity contribution < 1.29 is 13.5 Å². The predicted octanol–water partition coefficient (Wildman–Crippen LogP) is 4.84. The van der Waals surface area contributed by atoms with Crippen molar-refractivity contribution in [3.8, 4) is 0 Å². The van der Waals surface area contributed by atoms with Crippen molar-refractivity contribution in [1.82, 2.24) is 4.31 Å². The summed E-state index contributed by atoms with van der Waals surface area (Å²) in [6.45, 7) is 5.91. The number of aliphatic hydroxyl groups is 1. The SMILES string of the molecule is CC(=Cc1ccccc1)CN([C@@H](CO)CC(C)C)S(=O)(=O)c1ccc(Cl)cc1. The molecule has 2 aromatic rings. The van der Waals surface area contributed by atoms with Crippen LogP contribution in [0.25, 0.3) is 6.08 Å². The van der Waals surface area contributed by atoms with Gasteiger partial charge in [0.15, 0.2) is 0 Å². The molecule has 0 saturated heterocycles. The van der Waals surface area contributed by atoms with Gasteiger partial charge in [0, 0.05) is 17.6 Å². The van der Waals surface area contributed by atoms with E-state index >= 15 is 0 Å². The molecule has 0 amide bonds. The Morgan fingerprint density at radius 3 is 2.25 bits per heavy atom. The average molecular weight is 422 g/mol. The van der Waals surface area contributed by atoms with Gasteiger partial charge in [-0.2, -0.15) is 4.31 Å². The Morgan fingerprint density at radius 2 is 1.71 bits per heavy atom. The lowest BCUT2D eigenvalue weighted by Gasteiger charge is -2.31. The lowest BCUT2D eigenvalue weighted by atomic mass is 10.0. The molecule has 1 atom stereocenters. The minimum atomic E-state index is -3.79. The highest BCUT2D eigenvalue weighted by Crippen LogP contribution is 2.25. The Labute approximate surface area is 173 Å². The first-order valence-corrected chi connectivity index (χ1v) is 11.2. The Hall–Kier alpha value is -1.66. The maximum absolute atomic E-state index is 13.4. The van der Waals surface area contributed by atoms with Gasteiger partial charge in [-0.25, -0.2) is 8.42 Å². The molecule has 0 aromatic heterocycles. The number of sulfonamides is 1. The zero-order valence-electron chi connectivity index (χ0n) is 16.5. The molecule has 152 valence electrons. The van der Waals surface area contributed by atoms with Crippen LogP contribution in [0.1, 0.15) is 32.8 Å². The van der Waals surface area contributed by atoms with Crippen molar-refractivity contribution in [2.24, 2.45) is 5.92 Å². The van der Waals surface area contributed by atoms with E-state index in [2.05, 4.69) is 0 Å². The Morgan fingerprint density at radius 1 is 1.11 bits per heavy atom. The van der Waals surface area contributed by atoms with E-state index in [9.17, 15) is 13.5 Å². The Bertz CT molecular complexity index is 878. The highest BCUT2D eigenvalue weighted by molar-refractivity contribution is 7.89. The highest BCUT2D eigenvalue weighted by Gasteiger charge is 2.31. The van der Waals surface area contributed by atoms with E-state index in [0.717, 1.165) is 11.1 Å². The van der Waals surface area contributed by atoms with Crippen LogP contribution < -0.4 is 0 Å². The number of aliphatic hydroxyl groups excluding tert-OH is 1. The summed E-state index contributed by atoms with van der Waals surface area (Å²) in [5.41, 5.74) is 1.90. The number of rotatable bonds is 9. The lowest BCUT2D eigenvalue weighted by Crippen LogP contribution is -2.44. The van der Waals surface area contributed by atoms with Crippen molar-refractivity contribution in [2.45, 2.75) is 38.1 Å². The summed E-state index contributed by atoms with van der Waals surface area (Å²) in [5, 5.41) is 10.4. The molecular formula is C22H28ClNO3S. The molecule has 0 bridgehead atoms. The van der Waals surface area contributed by atoms with Crippen LogP contribution in [0, 0.1) is 5.92 Å². The van der Waals surface area contributed by atoms with Crippen LogP contribution in [0.4, 0.5) is 0 Å². The number of halogens is 1. The molecule has 0 aliphatic carbocycles. The van der Waals surface area contributed by atoms with Crippen molar-refractivity contribution in [3.63, 3.8) is 0 Å². The molecule has 0 spiro atoms. The normalized spacial score (nSPS) is 13.9. The van der Waals surface area contributed by atoms with E-state index in [4.69, 9.17) is 11.6 Å². The zero-order chi connectivity index (χ0) is 20.7. The molecule has 0 radical (unpaired) electrons. The minimum Gasteiger partial charge on any atom is -0.395 e. The monoisotopic (exact) mass is 421 g/mol. The van der Waals surface area contributed by atoms with E-state index in [1.165, 1.54) is 16.4 Å². The van der Waals surface area contributed by atoms with Gasteiger partial charge in [-0.05, 0) is 49.1 Å². The largest absolute Gasteiger partial charge is 0.395 e. The highest BCUT2D eigenvalue weighted by atomic mass is 35.5. The number of hydrogen-bond donors (Lipinski definition) is 1. The topological polar surface area (TPSA) is 57.6 Å². The van der Waals surface area contributed by atoms with Crippen LogP contribution in [-0.4, -0.2) is 37.0 Å². The van der Waals surface area contributed by atoms with E-state index in [1.807, 2.05) is 57.2 Å². The van der Waals surface area contributed by atoms with Crippen LogP contribution in [0.3, 0.4) is 0 Å². The molecule has 28 heavy (non-hydrogen) atoms. The lowest BCUT2D eigenvalue weighted by molar-refractivity contribution is 0.173. The summed E-state index contributed by atoms with van der Waals surface area (Å²) < 4.78 is 28.1. The fourth-order valence-electron chi connectivity index (χ4n) is 3.10. The summed E-state index contributed by atoms with van der Waals surface area (Å²) in [7, 11) is -3.79. The third-order valence-electron chi connectivity index (χ3n) is 4.40. The van der Waals surface area contributed by atoms with Crippen molar-refractivity contribution in [2.75, 3.05) is 13.2 Å². The molecule has 1 N–H and O–H groups in total. The third-order valence-corrected chi connectivity index (χ3v) is 6.56. The first kappa shape index (κ1) is 22.6. The number of nitrogens with zero attached hydrogens (tertiary/aromatic N) is 1. The number of benzene rings is 2. The number of hydrogen-bond acceptors (Lipinski definition) is 3. The van der Waals surface area contributed by atoms with Crippen LogP contribution in [0.5, 0.6) is 0 Å². The summed E-state index contributed by atoms with van der Waals surface area (Å²) >= 11 is 5.92. The second-order valence-electron chi connectivity index (χ2n) is 7.37. The van der Waals surface area contributed by atoms with Gasteiger partial charge in [0.2, 0.25) is 10.0 Å². The van der Waals surface area contributed by atoms with E-state index < -0.39 is 16.1 Å². The average Bonchev–Trinajstić information content (AvgIpc) is 2.65. The standard InChI is InChI=1S/C22H28ClNO3S/c1-17(2)13-21(16-25)24(15-18(3)14-19-7-5-4-6-8-19)28(26,27)22-11-9-20(23)10-12-22/h4-12,14,17,21,25H,13,15-16H2,1-3H3/t21-/m1/s1. The van der Waals surface area contributed by atoms with Crippen molar-refractivity contribution in [3.05, 3.63) is 70.8 Å². The first-order valence-electron chi connectivity index (χ1n) is 9.34. The van der Waals surface area contributed by atoms with Gasteiger partial charge >= 0.3 is 0 Å². The molecule has 0 fully saturated rings. The predicted molar refractivity (Wildman–Crippen MR) is 116 cm³/mol.